The van der Waals surface area contributed by atoms with Gasteiger partial charge in [-0.2, -0.15) is 0 Å². The Balaban J connectivity index is 2.03. The van der Waals surface area contributed by atoms with E-state index >= 15 is 0 Å². The number of rotatable bonds is 5. The van der Waals surface area contributed by atoms with Gasteiger partial charge in [0.05, 0.1) is 22.5 Å². The second kappa shape index (κ2) is 5.84. The minimum atomic E-state index is -0.970. The highest BCUT2D eigenvalue weighted by Gasteiger charge is 2.10. The largest absolute Gasteiger partial charge is 0.478 e. The number of hydrogen-bond acceptors (Lipinski definition) is 4. The highest BCUT2D eigenvalue weighted by molar-refractivity contribution is 7.07. The number of carbonyl (C=O) groups is 1. The van der Waals surface area contributed by atoms with Crippen molar-refractivity contribution in [3.05, 3.63) is 45.4 Å². The summed E-state index contributed by atoms with van der Waals surface area (Å²) in [6.45, 7) is 0.615. The number of nitrogens with one attached hydrogen (secondary N) is 1. The van der Waals surface area contributed by atoms with E-state index < -0.39 is 5.97 Å². The van der Waals surface area contributed by atoms with Crippen molar-refractivity contribution in [3.8, 4) is 0 Å². The number of carboxylic acid groups (broad SMARTS) is 1. The van der Waals surface area contributed by atoms with E-state index in [2.05, 4.69) is 10.3 Å². The molecule has 0 bridgehead atoms. The van der Waals surface area contributed by atoms with Crippen molar-refractivity contribution in [2.75, 3.05) is 11.9 Å². The van der Waals surface area contributed by atoms with Crippen LogP contribution in [0.3, 0.4) is 0 Å². The van der Waals surface area contributed by atoms with Gasteiger partial charge in [-0.3, -0.25) is 0 Å². The zero-order chi connectivity index (χ0) is 13.0. The molecule has 4 nitrogen and oxygen atoms in total. The molecule has 0 radical (unpaired) electrons. The summed E-state index contributed by atoms with van der Waals surface area (Å²) < 4.78 is 0. The summed E-state index contributed by atoms with van der Waals surface area (Å²) >= 11 is 7.40. The molecule has 0 aliphatic heterocycles. The molecule has 0 saturated heterocycles. The molecule has 2 N–H and O–H groups in total. The predicted octanol–water partition coefficient (Wildman–Crippen LogP) is 3.15. The fourth-order valence-corrected chi connectivity index (χ4v) is 2.30. The fraction of sp³-hybridized carbons (Fsp3) is 0.167. The van der Waals surface area contributed by atoms with Crippen LogP contribution in [0, 0.1) is 0 Å². The van der Waals surface area contributed by atoms with Gasteiger partial charge in [0.25, 0.3) is 0 Å². The highest BCUT2D eigenvalue weighted by atomic mass is 35.5. The Labute approximate surface area is 113 Å². The monoisotopic (exact) mass is 282 g/mol. The van der Waals surface area contributed by atoms with Crippen LogP contribution in [0.5, 0.6) is 0 Å². The molecule has 1 aromatic heterocycles. The van der Waals surface area contributed by atoms with Crippen LogP contribution in [0.4, 0.5) is 5.69 Å². The zero-order valence-corrected chi connectivity index (χ0v) is 11.0. The van der Waals surface area contributed by atoms with Gasteiger partial charge in [0.15, 0.2) is 0 Å². The Bertz CT molecular complexity index is 543. The molecular weight excluding hydrogens is 272 g/mol. The Morgan fingerprint density at radius 1 is 1.50 bits per heavy atom. The molecule has 0 amide bonds. The Morgan fingerprint density at radius 3 is 3.00 bits per heavy atom. The van der Waals surface area contributed by atoms with E-state index in [-0.39, 0.29) is 5.56 Å². The lowest BCUT2D eigenvalue weighted by molar-refractivity contribution is 0.0698. The van der Waals surface area contributed by atoms with Crippen molar-refractivity contribution < 1.29 is 9.90 Å². The molecule has 0 unspecified atom stereocenters. The molecule has 2 aromatic rings. The molecule has 0 aliphatic rings. The van der Waals surface area contributed by atoms with Gasteiger partial charge < -0.3 is 10.4 Å². The van der Waals surface area contributed by atoms with Crippen molar-refractivity contribution in [1.29, 1.82) is 0 Å². The van der Waals surface area contributed by atoms with Crippen molar-refractivity contribution in [2.45, 2.75) is 6.42 Å². The lowest BCUT2D eigenvalue weighted by Gasteiger charge is -2.09. The summed E-state index contributed by atoms with van der Waals surface area (Å²) in [6.07, 6.45) is 0.745. The topological polar surface area (TPSA) is 62.2 Å². The summed E-state index contributed by atoms with van der Waals surface area (Å²) in [5.41, 5.74) is 3.52. The number of aromatic carboxylic acids is 1. The normalized spacial score (nSPS) is 10.3. The molecule has 0 fully saturated rings. The summed E-state index contributed by atoms with van der Waals surface area (Å²) in [7, 11) is 0. The molecule has 0 saturated carbocycles. The third-order valence-corrected chi connectivity index (χ3v) is 3.26. The van der Waals surface area contributed by atoms with E-state index in [4.69, 9.17) is 16.7 Å². The number of nitrogens with zero attached hydrogens (tertiary/aromatic N) is 1. The Hall–Kier alpha value is -1.59. The number of thiazole rings is 1. The number of benzene rings is 1. The van der Waals surface area contributed by atoms with Gasteiger partial charge in [-0.05, 0) is 18.2 Å². The quantitative estimate of drug-likeness (QED) is 0.884. The Kier molecular flexibility index (Phi) is 4.17. The van der Waals surface area contributed by atoms with Crippen LogP contribution in [0.15, 0.2) is 29.1 Å². The van der Waals surface area contributed by atoms with Crippen LogP contribution in [-0.2, 0) is 6.42 Å². The number of hydrogen-bond donors (Lipinski definition) is 2. The second-order valence-corrected chi connectivity index (χ2v) is 4.81. The molecule has 1 aromatic carbocycles. The molecule has 0 aliphatic carbocycles. The third-order valence-electron chi connectivity index (χ3n) is 2.39. The number of carboxylic acids is 1. The standard InChI is InChI=1S/C12H11ClN2O2S/c13-8-1-2-10(12(16)17)11(5-8)14-4-3-9-6-18-7-15-9/h1-2,5-7,14H,3-4H2,(H,16,17). The van der Waals surface area contributed by atoms with Crippen LogP contribution >= 0.6 is 22.9 Å². The van der Waals surface area contributed by atoms with Crippen molar-refractivity contribution in [3.63, 3.8) is 0 Å². The lowest BCUT2D eigenvalue weighted by atomic mass is 10.1. The van der Waals surface area contributed by atoms with E-state index in [9.17, 15) is 4.79 Å². The average molecular weight is 283 g/mol. The summed E-state index contributed by atoms with van der Waals surface area (Å²) in [5, 5.41) is 14.6. The van der Waals surface area contributed by atoms with Crippen LogP contribution in [0.25, 0.3) is 0 Å². The molecule has 6 heteroatoms. The first-order valence-corrected chi connectivity index (χ1v) is 6.62. The van der Waals surface area contributed by atoms with E-state index in [0.29, 0.717) is 17.3 Å². The van der Waals surface area contributed by atoms with Crippen molar-refractivity contribution in [1.82, 2.24) is 4.98 Å². The maximum atomic E-state index is 11.0. The lowest BCUT2D eigenvalue weighted by Crippen LogP contribution is -2.09. The average Bonchev–Trinajstić information content (AvgIpc) is 2.82. The second-order valence-electron chi connectivity index (χ2n) is 3.65. The minimum absolute atomic E-state index is 0.220. The van der Waals surface area contributed by atoms with E-state index in [1.807, 2.05) is 5.38 Å². The summed E-state index contributed by atoms with van der Waals surface area (Å²) in [5.74, 6) is -0.970. The van der Waals surface area contributed by atoms with Gasteiger partial charge >= 0.3 is 5.97 Å². The number of halogens is 1. The first kappa shape index (κ1) is 12.9. The van der Waals surface area contributed by atoms with E-state index in [0.717, 1.165) is 12.1 Å². The van der Waals surface area contributed by atoms with Crippen LogP contribution in [0.1, 0.15) is 16.1 Å². The molecule has 1 heterocycles. The number of anilines is 1. The first-order chi connectivity index (χ1) is 8.66. The molecule has 18 heavy (non-hydrogen) atoms. The fourth-order valence-electron chi connectivity index (χ4n) is 1.54. The molecule has 94 valence electrons. The molecule has 0 spiro atoms. The molecule has 2 rings (SSSR count). The zero-order valence-electron chi connectivity index (χ0n) is 9.39. The summed E-state index contributed by atoms with van der Waals surface area (Å²) in [4.78, 5) is 15.2. The predicted molar refractivity (Wildman–Crippen MR) is 72.7 cm³/mol. The van der Waals surface area contributed by atoms with Crippen LogP contribution in [0.2, 0.25) is 5.02 Å². The first-order valence-electron chi connectivity index (χ1n) is 5.30. The number of aromatic nitrogens is 1. The van der Waals surface area contributed by atoms with Crippen molar-refractivity contribution in [2.24, 2.45) is 0 Å². The van der Waals surface area contributed by atoms with Crippen LogP contribution in [-0.4, -0.2) is 22.6 Å². The third kappa shape index (κ3) is 3.21. The van der Waals surface area contributed by atoms with Gasteiger partial charge in [-0.15, -0.1) is 11.3 Å². The summed E-state index contributed by atoms with van der Waals surface area (Å²) in [6, 6.07) is 4.68. The molecular formula is C12H11ClN2O2S. The van der Waals surface area contributed by atoms with E-state index in [1.165, 1.54) is 6.07 Å². The smallest absolute Gasteiger partial charge is 0.337 e. The molecule has 0 atom stereocenters. The minimum Gasteiger partial charge on any atom is -0.478 e. The van der Waals surface area contributed by atoms with Gasteiger partial charge in [0.1, 0.15) is 0 Å². The maximum absolute atomic E-state index is 11.0. The van der Waals surface area contributed by atoms with Gasteiger partial charge in [-0.1, -0.05) is 11.6 Å². The van der Waals surface area contributed by atoms with Crippen molar-refractivity contribution >= 4 is 34.6 Å². The van der Waals surface area contributed by atoms with Gasteiger partial charge in [0.2, 0.25) is 0 Å². The highest BCUT2D eigenvalue weighted by Crippen LogP contribution is 2.21. The Morgan fingerprint density at radius 2 is 2.33 bits per heavy atom. The SMILES string of the molecule is O=C(O)c1ccc(Cl)cc1NCCc1cscn1. The van der Waals surface area contributed by atoms with Gasteiger partial charge in [0, 0.05) is 23.4 Å². The van der Waals surface area contributed by atoms with E-state index in [1.54, 1.807) is 29.0 Å². The van der Waals surface area contributed by atoms with Crippen LogP contribution < -0.4 is 5.32 Å². The maximum Gasteiger partial charge on any atom is 0.337 e. The van der Waals surface area contributed by atoms with Gasteiger partial charge in [-0.25, -0.2) is 9.78 Å².